The van der Waals surface area contributed by atoms with E-state index >= 15 is 0 Å². The highest BCUT2D eigenvalue weighted by Gasteiger charge is 2.25. The maximum atomic E-state index is 5.23. The summed E-state index contributed by atoms with van der Waals surface area (Å²) >= 11 is 0. The molecule has 0 unspecified atom stereocenters. The molecule has 1 aliphatic heterocycles. The zero-order valence-corrected chi connectivity index (χ0v) is 11.8. The lowest BCUT2D eigenvalue weighted by Crippen LogP contribution is -2.24. The number of aryl methyl sites for hydroxylation is 1. The summed E-state index contributed by atoms with van der Waals surface area (Å²) in [5.41, 5.74) is 2.49. The molecule has 0 radical (unpaired) electrons. The van der Waals surface area contributed by atoms with Crippen LogP contribution in [-0.2, 0) is 0 Å². The summed E-state index contributed by atoms with van der Waals surface area (Å²) < 4.78 is 5.23. The van der Waals surface area contributed by atoms with Gasteiger partial charge in [0.05, 0.1) is 7.11 Å². The normalized spacial score (nSPS) is 20.3. The highest BCUT2D eigenvalue weighted by Crippen LogP contribution is 2.33. The van der Waals surface area contributed by atoms with Crippen LogP contribution < -0.4 is 4.74 Å². The Balaban J connectivity index is 2.12. The van der Waals surface area contributed by atoms with Gasteiger partial charge in [0, 0.05) is 17.8 Å². The van der Waals surface area contributed by atoms with Gasteiger partial charge in [-0.25, -0.2) is 4.98 Å². The molecule has 1 aliphatic rings. The SMILES string of the molecule is CCCCN1CCC[C@H]1c1cnc(OC)c(C)c1. The molecule has 0 aromatic carbocycles. The summed E-state index contributed by atoms with van der Waals surface area (Å²) in [6.45, 7) is 6.77. The second-order valence-corrected chi connectivity index (χ2v) is 5.14. The summed E-state index contributed by atoms with van der Waals surface area (Å²) in [5.74, 6) is 0.747. The minimum atomic E-state index is 0.564. The minimum Gasteiger partial charge on any atom is -0.481 e. The fourth-order valence-corrected chi connectivity index (χ4v) is 2.81. The fourth-order valence-electron chi connectivity index (χ4n) is 2.81. The van der Waals surface area contributed by atoms with Crippen molar-refractivity contribution in [2.45, 2.75) is 45.6 Å². The topological polar surface area (TPSA) is 25.4 Å². The molecule has 1 atom stereocenters. The van der Waals surface area contributed by atoms with Crippen LogP contribution in [-0.4, -0.2) is 30.1 Å². The van der Waals surface area contributed by atoms with Crippen LogP contribution in [0.4, 0.5) is 0 Å². The number of hydrogen-bond donors (Lipinski definition) is 0. The molecule has 0 spiro atoms. The molecular weight excluding hydrogens is 224 g/mol. The maximum Gasteiger partial charge on any atom is 0.215 e. The van der Waals surface area contributed by atoms with Gasteiger partial charge in [-0.3, -0.25) is 4.90 Å². The van der Waals surface area contributed by atoms with E-state index in [1.165, 1.54) is 44.3 Å². The molecule has 1 aromatic heterocycles. The Hall–Kier alpha value is -1.09. The van der Waals surface area contributed by atoms with Crippen molar-refractivity contribution in [2.24, 2.45) is 0 Å². The number of ether oxygens (including phenoxy) is 1. The molecule has 0 bridgehead atoms. The number of likely N-dealkylation sites (tertiary alicyclic amines) is 1. The molecule has 2 rings (SSSR count). The average molecular weight is 248 g/mol. The number of aromatic nitrogens is 1. The van der Waals surface area contributed by atoms with Gasteiger partial charge in [0.1, 0.15) is 0 Å². The summed E-state index contributed by atoms with van der Waals surface area (Å²) in [7, 11) is 1.68. The van der Waals surface area contributed by atoms with Gasteiger partial charge in [-0.1, -0.05) is 13.3 Å². The van der Waals surface area contributed by atoms with Crippen molar-refractivity contribution >= 4 is 0 Å². The molecule has 3 heteroatoms. The zero-order valence-electron chi connectivity index (χ0n) is 11.8. The lowest BCUT2D eigenvalue weighted by atomic mass is 10.0. The van der Waals surface area contributed by atoms with Crippen LogP contribution in [0.25, 0.3) is 0 Å². The zero-order chi connectivity index (χ0) is 13.0. The van der Waals surface area contributed by atoms with E-state index < -0.39 is 0 Å². The smallest absolute Gasteiger partial charge is 0.215 e. The number of nitrogens with zero attached hydrogens (tertiary/aromatic N) is 2. The molecule has 1 aromatic rings. The highest BCUT2D eigenvalue weighted by molar-refractivity contribution is 5.30. The number of hydrogen-bond acceptors (Lipinski definition) is 3. The monoisotopic (exact) mass is 248 g/mol. The van der Waals surface area contributed by atoms with E-state index in [2.05, 4.69) is 29.8 Å². The number of methoxy groups -OCH3 is 1. The molecule has 100 valence electrons. The Kier molecular flexibility index (Phi) is 4.59. The molecule has 0 saturated carbocycles. The Labute approximate surface area is 110 Å². The van der Waals surface area contributed by atoms with E-state index in [9.17, 15) is 0 Å². The number of unbranched alkanes of at least 4 members (excludes halogenated alkanes) is 1. The second-order valence-electron chi connectivity index (χ2n) is 5.14. The van der Waals surface area contributed by atoms with Crippen molar-refractivity contribution in [2.75, 3.05) is 20.2 Å². The van der Waals surface area contributed by atoms with Gasteiger partial charge in [-0.2, -0.15) is 0 Å². The highest BCUT2D eigenvalue weighted by atomic mass is 16.5. The van der Waals surface area contributed by atoms with Gasteiger partial charge in [0.15, 0.2) is 0 Å². The summed E-state index contributed by atoms with van der Waals surface area (Å²) in [6.07, 6.45) is 7.11. The third-order valence-electron chi connectivity index (χ3n) is 3.79. The van der Waals surface area contributed by atoms with Crippen LogP contribution in [0.15, 0.2) is 12.3 Å². The van der Waals surface area contributed by atoms with Crippen LogP contribution in [0, 0.1) is 6.92 Å². The van der Waals surface area contributed by atoms with Crippen molar-refractivity contribution in [3.63, 3.8) is 0 Å². The predicted octanol–water partition coefficient (Wildman–Crippen LogP) is 3.34. The summed E-state index contributed by atoms with van der Waals surface area (Å²) in [5, 5.41) is 0. The molecule has 0 aliphatic carbocycles. The first-order chi connectivity index (χ1) is 8.76. The third-order valence-corrected chi connectivity index (χ3v) is 3.79. The van der Waals surface area contributed by atoms with E-state index in [4.69, 9.17) is 4.74 Å². The molecule has 2 heterocycles. The van der Waals surface area contributed by atoms with Gasteiger partial charge in [-0.05, 0) is 50.9 Å². The summed E-state index contributed by atoms with van der Waals surface area (Å²) in [6, 6.07) is 2.80. The van der Waals surface area contributed by atoms with Gasteiger partial charge >= 0.3 is 0 Å². The first-order valence-electron chi connectivity index (χ1n) is 7.00. The van der Waals surface area contributed by atoms with E-state index in [-0.39, 0.29) is 0 Å². The molecule has 1 fully saturated rings. The average Bonchev–Trinajstić information content (AvgIpc) is 2.84. The Bertz CT molecular complexity index is 392. The van der Waals surface area contributed by atoms with Crippen LogP contribution in [0.1, 0.15) is 49.8 Å². The second kappa shape index (κ2) is 6.19. The van der Waals surface area contributed by atoms with Crippen molar-refractivity contribution in [3.8, 4) is 5.88 Å². The Morgan fingerprint density at radius 1 is 1.50 bits per heavy atom. The lowest BCUT2D eigenvalue weighted by Gasteiger charge is -2.24. The van der Waals surface area contributed by atoms with Gasteiger partial charge in [0.25, 0.3) is 0 Å². The Morgan fingerprint density at radius 2 is 2.33 bits per heavy atom. The van der Waals surface area contributed by atoms with Gasteiger partial charge < -0.3 is 4.74 Å². The fraction of sp³-hybridized carbons (Fsp3) is 0.667. The minimum absolute atomic E-state index is 0.564. The quantitative estimate of drug-likeness (QED) is 0.799. The number of pyridine rings is 1. The molecule has 18 heavy (non-hydrogen) atoms. The molecular formula is C15H24N2O. The van der Waals surface area contributed by atoms with Crippen molar-refractivity contribution in [1.82, 2.24) is 9.88 Å². The van der Waals surface area contributed by atoms with Crippen LogP contribution in [0.3, 0.4) is 0 Å². The van der Waals surface area contributed by atoms with E-state index in [0.29, 0.717) is 6.04 Å². The molecule has 3 nitrogen and oxygen atoms in total. The Morgan fingerprint density at radius 3 is 3.00 bits per heavy atom. The number of rotatable bonds is 5. The lowest BCUT2D eigenvalue weighted by molar-refractivity contribution is 0.252. The van der Waals surface area contributed by atoms with Crippen LogP contribution in [0.5, 0.6) is 5.88 Å². The van der Waals surface area contributed by atoms with Crippen LogP contribution >= 0.6 is 0 Å². The van der Waals surface area contributed by atoms with Crippen molar-refractivity contribution in [3.05, 3.63) is 23.4 Å². The van der Waals surface area contributed by atoms with Gasteiger partial charge in [0.2, 0.25) is 5.88 Å². The predicted molar refractivity (Wildman–Crippen MR) is 74.0 cm³/mol. The molecule has 0 N–H and O–H groups in total. The standard InChI is InChI=1S/C15H24N2O/c1-4-5-8-17-9-6-7-14(17)13-10-12(2)15(18-3)16-11-13/h10-11,14H,4-9H2,1-3H3/t14-/m0/s1. The first-order valence-corrected chi connectivity index (χ1v) is 7.00. The van der Waals surface area contributed by atoms with E-state index in [1.54, 1.807) is 7.11 Å². The summed E-state index contributed by atoms with van der Waals surface area (Å²) in [4.78, 5) is 7.01. The van der Waals surface area contributed by atoms with Crippen molar-refractivity contribution < 1.29 is 4.74 Å². The third kappa shape index (κ3) is 2.83. The van der Waals surface area contributed by atoms with E-state index in [1.807, 2.05) is 6.20 Å². The van der Waals surface area contributed by atoms with Crippen molar-refractivity contribution in [1.29, 1.82) is 0 Å². The molecule has 1 saturated heterocycles. The molecule has 0 amide bonds. The first kappa shape index (κ1) is 13.3. The van der Waals surface area contributed by atoms with E-state index in [0.717, 1.165) is 11.4 Å². The largest absolute Gasteiger partial charge is 0.481 e. The van der Waals surface area contributed by atoms with Gasteiger partial charge in [-0.15, -0.1) is 0 Å². The van der Waals surface area contributed by atoms with Crippen LogP contribution in [0.2, 0.25) is 0 Å². The maximum absolute atomic E-state index is 5.23.